The Hall–Kier alpha value is -2.45. The number of hydrogen-bond donors (Lipinski definition) is 1. The third-order valence-electron chi connectivity index (χ3n) is 5.69. The number of amides is 1. The average molecular weight is 496 g/mol. The molecule has 1 aromatic carbocycles. The highest BCUT2D eigenvalue weighted by Crippen LogP contribution is 2.26. The predicted octanol–water partition coefficient (Wildman–Crippen LogP) is 0.537. The van der Waals surface area contributed by atoms with Crippen LogP contribution in [0.3, 0.4) is 0 Å². The molecule has 0 atom stereocenters. The van der Waals surface area contributed by atoms with Crippen molar-refractivity contribution in [2.45, 2.75) is 22.6 Å². The summed E-state index contributed by atoms with van der Waals surface area (Å²) in [7, 11) is -7.51. The van der Waals surface area contributed by atoms with E-state index >= 15 is 0 Å². The minimum Gasteiger partial charge on any atom is -0.379 e. The molecular formula is C20H25N5O6S2. The molecule has 33 heavy (non-hydrogen) atoms. The summed E-state index contributed by atoms with van der Waals surface area (Å²) in [6.45, 7) is 1.56. The molecule has 0 bridgehead atoms. The van der Waals surface area contributed by atoms with Crippen LogP contribution in [0.5, 0.6) is 0 Å². The van der Waals surface area contributed by atoms with E-state index < -0.39 is 20.0 Å². The number of sulfonamides is 2. The summed E-state index contributed by atoms with van der Waals surface area (Å²) < 4.78 is 59.4. The van der Waals surface area contributed by atoms with Gasteiger partial charge in [-0.25, -0.2) is 26.8 Å². The Labute approximate surface area is 192 Å². The Morgan fingerprint density at radius 1 is 0.848 bits per heavy atom. The summed E-state index contributed by atoms with van der Waals surface area (Å²) in [6.07, 6.45) is 3.77. The molecule has 0 saturated carbocycles. The van der Waals surface area contributed by atoms with Gasteiger partial charge in [-0.3, -0.25) is 10.1 Å². The minimum atomic E-state index is -3.81. The number of anilines is 1. The lowest BCUT2D eigenvalue weighted by atomic mass is 9.97. The second-order valence-corrected chi connectivity index (χ2v) is 11.6. The third kappa shape index (κ3) is 5.22. The molecule has 2 aliphatic rings. The molecule has 178 valence electrons. The van der Waals surface area contributed by atoms with Crippen molar-refractivity contribution in [3.05, 3.63) is 42.7 Å². The van der Waals surface area contributed by atoms with Gasteiger partial charge in [0.1, 0.15) is 0 Å². The summed E-state index contributed by atoms with van der Waals surface area (Å²) in [4.78, 5) is 20.4. The highest BCUT2D eigenvalue weighted by Gasteiger charge is 2.33. The first-order valence-corrected chi connectivity index (χ1v) is 13.4. The van der Waals surface area contributed by atoms with Crippen molar-refractivity contribution >= 4 is 31.9 Å². The molecule has 2 saturated heterocycles. The van der Waals surface area contributed by atoms with Crippen molar-refractivity contribution in [2.75, 3.05) is 44.7 Å². The van der Waals surface area contributed by atoms with Crippen LogP contribution in [0, 0.1) is 5.92 Å². The molecule has 2 aliphatic heterocycles. The van der Waals surface area contributed by atoms with Crippen LogP contribution in [-0.4, -0.2) is 80.7 Å². The zero-order chi connectivity index (χ0) is 23.5. The van der Waals surface area contributed by atoms with Gasteiger partial charge in [-0.05, 0) is 43.2 Å². The summed E-state index contributed by atoms with van der Waals surface area (Å²) >= 11 is 0. The molecule has 1 N–H and O–H groups in total. The zero-order valence-corrected chi connectivity index (χ0v) is 19.5. The Balaban J connectivity index is 1.39. The van der Waals surface area contributed by atoms with E-state index in [0.717, 1.165) is 0 Å². The van der Waals surface area contributed by atoms with Crippen LogP contribution < -0.4 is 5.32 Å². The second kappa shape index (κ2) is 9.81. The van der Waals surface area contributed by atoms with E-state index in [1.807, 2.05) is 0 Å². The maximum Gasteiger partial charge on any atom is 0.243 e. The Morgan fingerprint density at radius 2 is 1.33 bits per heavy atom. The first-order valence-electron chi connectivity index (χ1n) is 10.5. The van der Waals surface area contributed by atoms with E-state index in [1.54, 1.807) is 6.07 Å². The fraction of sp³-hybridized carbons (Fsp3) is 0.450. The number of aromatic nitrogens is 2. The van der Waals surface area contributed by atoms with Gasteiger partial charge in [-0.1, -0.05) is 0 Å². The topological polar surface area (TPSA) is 139 Å². The van der Waals surface area contributed by atoms with E-state index in [4.69, 9.17) is 4.74 Å². The molecular weight excluding hydrogens is 470 g/mol. The standard InChI is InChI=1S/C20H25N5O6S2/c26-19(23-20-21-8-1-9-22-20)16-6-10-24(11-7-16)32(27,28)17-2-4-18(5-3-17)33(29,30)25-12-14-31-15-13-25/h1-5,8-9,16H,6-7,10-15H2,(H,21,22,23,26). The van der Waals surface area contributed by atoms with Crippen molar-refractivity contribution in [2.24, 2.45) is 5.92 Å². The van der Waals surface area contributed by atoms with Gasteiger partial charge in [0.2, 0.25) is 31.9 Å². The first-order chi connectivity index (χ1) is 15.8. The van der Waals surface area contributed by atoms with Gasteiger partial charge in [0.05, 0.1) is 23.0 Å². The number of carbonyl (C=O) groups excluding carboxylic acids is 1. The van der Waals surface area contributed by atoms with Crippen LogP contribution in [0.25, 0.3) is 0 Å². The predicted molar refractivity (Wildman–Crippen MR) is 118 cm³/mol. The van der Waals surface area contributed by atoms with Crippen molar-refractivity contribution in [1.29, 1.82) is 0 Å². The van der Waals surface area contributed by atoms with Crippen LogP contribution in [-0.2, 0) is 29.6 Å². The normalized spacial score (nSPS) is 19.3. The number of nitrogens with zero attached hydrogens (tertiary/aromatic N) is 4. The maximum atomic E-state index is 13.0. The summed E-state index contributed by atoms with van der Waals surface area (Å²) in [5.74, 6) is -0.373. The van der Waals surface area contributed by atoms with Crippen molar-refractivity contribution in [1.82, 2.24) is 18.6 Å². The molecule has 3 heterocycles. The van der Waals surface area contributed by atoms with E-state index in [2.05, 4.69) is 15.3 Å². The van der Waals surface area contributed by atoms with E-state index in [0.29, 0.717) is 26.1 Å². The lowest BCUT2D eigenvalue weighted by molar-refractivity contribution is -0.121. The minimum absolute atomic E-state index is 0.0176. The van der Waals surface area contributed by atoms with Gasteiger partial charge in [-0.15, -0.1) is 0 Å². The Bertz CT molecular complexity index is 1180. The molecule has 4 rings (SSSR count). The lowest BCUT2D eigenvalue weighted by Gasteiger charge is -2.30. The van der Waals surface area contributed by atoms with Gasteiger partial charge in [0.25, 0.3) is 0 Å². The molecule has 0 spiro atoms. The molecule has 0 radical (unpaired) electrons. The second-order valence-electron chi connectivity index (χ2n) is 7.73. The smallest absolute Gasteiger partial charge is 0.243 e. The quantitative estimate of drug-likeness (QED) is 0.613. The maximum absolute atomic E-state index is 13.0. The van der Waals surface area contributed by atoms with E-state index in [1.165, 1.54) is 45.3 Å². The zero-order valence-electron chi connectivity index (χ0n) is 17.8. The number of rotatable bonds is 6. The van der Waals surface area contributed by atoms with Gasteiger partial charge in [0, 0.05) is 44.5 Å². The monoisotopic (exact) mass is 495 g/mol. The van der Waals surface area contributed by atoms with Gasteiger partial charge < -0.3 is 4.74 Å². The molecule has 1 aromatic heterocycles. The van der Waals surface area contributed by atoms with Crippen molar-refractivity contribution < 1.29 is 26.4 Å². The first kappa shape index (κ1) is 23.7. The van der Waals surface area contributed by atoms with E-state index in [9.17, 15) is 21.6 Å². The van der Waals surface area contributed by atoms with Gasteiger partial charge >= 0.3 is 0 Å². The Kier molecular flexibility index (Phi) is 7.05. The number of benzene rings is 1. The number of ether oxygens (including phenoxy) is 1. The summed E-state index contributed by atoms with van der Waals surface area (Å²) in [5.41, 5.74) is 0. The third-order valence-corrected chi connectivity index (χ3v) is 9.52. The molecule has 0 unspecified atom stereocenters. The highest BCUT2D eigenvalue weighted by atomic mass is 32.2. The number of morpholine rings is 1. The molecule has 11 nitrogen and oxygen atoms in total. The van der Waals surface area contributed by atoms with Crippen LogP contribution in [0.4, 0.5) is 5.95 Å². The Morgan fingerprint density at radius 3 is 1.85 bits per heavy atom. The largest absolute Gasteiger partial charge is 0.379 e. The summed E-state index contributed by atoms with van der Waals surface area (Å²) in [6, 6.07) is 6.90. The molecule has 2 aromatic rings. The lowest BCUT2D eigenvalue weighted by Crippen LogP contribution is -2.41. The van der Waals surface area contributed by atoms with Crippen LogP contribution >= 0.6 is 0 Å². The summed E-state index contributed by atoms with van der Waals surface area (Å²) in [5, 5.41) is 2.65. The van der Waals surface area contributed by atoms with E-state index in [-0.39, 0.29) is 53.7 Å². The van der Waals surface area contributed by atoms with Crippen LogP contribution in [0.1, 0.15) is 12.8 Å². The molecule has 1 amide bonds. The number of nitrogens with one attached hydrogen (secondary N) is 1. The average Bonchev–Trinajstić information content (AvgIpc) is 2.85. The van der Waals surface area contributed by atoms with Gasteiger partial charge in [0.15, 0.2) is 0 Å². The number of hydrogen-bond acceptors (Lipinski definition) is 8. The van der Waals surface area contributed by atoms with Crippen LogP contribution in [0.2, 0.25) is 0 Å². The number of piperidine rings is 1. The fourth-order valence-electron chi connectivity index (χ4n) is 3.80. The molecule has 2 fully saturated rings. The van der Waals surface area contributed by atoms with Crippen molar-refractivity contribution in [3.8, 4) is 0 Å². The molecule has 0 aliphatic carbocycles. The van der Waals surface area contributed by atoms with Gasteiger partial charge in [-0.2, -0.15) is 8.61 Å². The van der Waals surface area contributed by atoms with Crippen molar-refractivity contribution in [3.63, 3.8) is 0 Å². The fourth-order valence-corrected chi connectivity index (χ4v) is 6.68. The molecule has 13 heteroatoms. The number of carbonyl (C=O) groups is 1. The SMILES string of the molecule is O=C(Nc1ncccn1)C1CCN(S(=O)(=O)c2ccc(S(=O)(=O)N3CCOCC3)cc2)CC1. The van der Waals surface area contributed by atoms with Crippen LogP contribution in [0.15, 0.2) is 52.5 Å². The highest BCUT2D eigenvalue weighted by molar-refractivity contribution is 7.89.